The average Bonchev–Trinajstić information content (AvgIpc) is 2.99. The lowest BCUT2D eigenvalue weighted by molar-refractivity contribution is -0.117. The van der Waals surface area contributed by atoms with Crippen LogP contribution in [-0.2, 0) is 4.79 Å². The molecule has 19 heavy (non-hydrogen) atoms. The molecular formula is C13H17N3O2S. The number of anilines is 1. The maximum atomic E-state index is 11.9. The van der Waals surface area contributed by atoms with Crippen LogP contribution in [0.4, 0.5) is 5.82 Å². The van der Waals surface area contributed by atoms with Gasteiger partial charge in [-0.3, -0.25) is 9.69 Å². The van der Waals surface area contributed by atoms with Gasteiger partial charge in [-0.1, -0.05) is 11.2 Å². The summed E-state index contributed by atoms with van der Waals surface area (Å²) in [7, 11) is 1.93. The molecule has 2 rings (SSSR count). The van der Waals surface area contributed by atoms with Crippen molar-refractivity contribution >= 4 is 23.1 Å². The Kier molecular flexibility index (Phi) is 4.34. The molecule has 102 valence electrons. The second-order valence-electron chi connectivity index (χ2n) is 4.48. The molecule has 0 aliphatic heterocycles. The fourth-order valence-corrected chi connectivity index (χ4v) is 2.57. The fourth-order valence-electron chi connectivity index (χ4n) is 1.72. The van der Waals surface area contributed by atoms with Crippen molar-refractivity contribution in [2.75, 3.05) is 18.9 Å². The number of hydrogen-bond donors (Lipinski definition) is 1. The number of rotatable bonds is 5. The van der Waals surface area contributed by atoms with Gasteiger partial charge in [-0.05, 0) is 32.3 Å². The van der Waals surface area contributed by atoms with Gasteiger partial charge in [-0.15, -0.1) is 11.3 Å². The number of thiophene rings is 1. The van der Waals surface area contributed by atoms with Gasteiger partial charge in [-0.25, -0.2) is 0 Å². The number of hydrogen-bond acceptors (Lipinski definition) is 5. The van der Waals surface area contributed by atoms with Crippen LogP contribution in [0, 0.1) is 6.92 Å². The van der Waals surface area contributed by atoms with Crippen molar-refractivity contribution in [3.8, 4) is 0 Å². The lowest BCUT2D eigenvalue weighted by Gasteiger charge is -2.22. The average molecular weight is 279 g/mol. The van der Waals surface area contributed by atoms with Gasteiger partial charge in [-0.2, -0.15) is 0 Å². The molecule has 0 aromatic carbocycles. The number of amides is 1. The second kappa shape index (κ2) is 5.99. The number of nitrogens with one attached hydrogen (secondary N) is 1. The van der Waals surface area contributed by atoms with Gasteiger partial charge in [0.1, 0.15) is 5.76 Å². The lowest BCUT2D eigenvalue weighted by Crippen LogP contribution is -2.32. The Bertz CT molecular complexity index is 536. The molecule has 5 nitrogen and oxygen atoms in total. The highest BCUT2D eigenvalue weighted by molar-refractivity contribution is 7.10. The highest BCUT2D eigenvalue weighted by atomic mass is 32.1. The first-order chi connectivity index (χ1) is 9.06. The maximum Gasteiger partial charge on any atom is 0.239 e. The normalized spacial score (nSPS) is 12.6. The molecule has 1 amide bonds. The summed E-state index contributed by atoms with van der Waals surface area (Å²) in [6.45, 7) is 4.18. The van der Waals surface area contributed by atoms with Gasteiger partial charge in [0, 0.05) is 17.0 Å². The summed E-state index contributed by atoms with van der Waals surface area (Å²) in [5.41, 5.74) is 0. The number of carbonyl (C=O) groups excluding carboxylic acids is 1. The minimum Gasteiger partial charge on any atom is -0.360 e. The molecule has 0 radical (unpaired) electrons. The van der Waals surface area contributed by atoms with E-state index >= 15 is 0 Å². The van der Waals surface area contributed by atoms with Crippen LogP contribution < -0.4 is 5.32 Å². The first-order valence-corrected chi connectivity index (χ1v) is 6.91. The molecule has 6 heteroatoms. The minimum atomic E-state index is -0.0980. The summed E-state index contributed by atoms with van der Waals surface area (Å²) in [6, 6.07) is 6.00. The maximum absolute atomic E-state index is 11.9. The van der Waals surface area contributed by atoms with E-state index in [4.69, 9.17) is 4.52 Å². The molecule has 0 bridgehead atoms. The van der Waals surface area contributed by atoms with Crippen LogP contribution in [-0.4, -0.2) is 29.6 Å². The number of aryl methyl sites for hydroxylation is 1. The van der Waals surface area contributed by atoms with E-state index in [9.17, 15) is 4.79 Å². The molecule has 0 aliphatic carbocycles. The molecule has 1 N–H and O–H groups in total. The van der Waals surface area contributed by atoms with E-state index in [1.807, 2.05) is 23.4 Å². The van der Waals surface area contributed by atoms with E-state index in [0.29, 0.717) is 18.1 Å². The summed E-state index contributed by atoms with van der Waals surface area (Å²) < 4.78 is 4.90. The topological polar surface area (TPSA) is 58.4 Å². The predicted molar refractivity (Wildman–Crippen MR) is 75.2 cm³/mol. The van der Waals surface area contributed by atoms with E-state index in [1.165, 1.54) is 4.88 Å². The number of nitrogens with zero attached hydrogens (tertiary/aromatic N) is 2. The van der Waals surface area contributed by atoms with Crippen LogP contribution in [0.2, 0.25) is 0 Å². The summed E-state index contributed by atoms with van der Waals surface area (Å²) >= 11 is 1.69. The highest BCUT2D eigenvalue weighted by Crippen LogP contribution is 2.23. The van der Waals surface area contributed by atoms with Crippen LogP contribution in [0.3, 0.4) is 0 Å². The zero-order chi connectivity index (χ0) is 13.8. The third-order valence-corrected chi connectivity index (χ3v) is 3.95. The van der Waals surface area contributed by atoms with Crippen LogP contribution >= 0.6 is 11.3 Å². The largest absolute Gasteiger partial charge is 0.360 e. The molecule has 0 saturated carbocycles. The zero-order valence-electron chi connectivity index (χ0n) is 11.2. The van der Waals surface area contributed by atoms with E-state index < -0.39 is 0 Å². The Morgan fingerprint density at radius 2 is 2.42 bits per heavy atom. The molecule has 0 unspecified atom stereocenters. The van der Waals surface area contributed by atoms with Crippen molar-refractivity contribution in [1.29, 1.82) is 0 Å². The van der Waals surface area contributed by atoms with E-state index in [2.05, 4.69) is 23.5 Å². The van der Waals surface area contributed by atoms with E-state index in [1.54, 1.807) is 24.3 Å². The molecule has 0 aliphatic rings. The van der Waals surface area contributed by atoms with Gasteiger partial charge in [0.05, 0.1) is 6.54 Å². The Labute approximate surface area is 116 Å². The zero-order valence-corrected chi connectivity index (χ0v) is 12.0. The van der Waals surface area contributed by atoms with Gasteiger partial charge in [0.2, 0.25) is 5.91 Å². The minimum absolute atomic E-state index is 0.0980. The van der Waals surface area contributed by atoms with Crippen LogP contribution in [0.5, 0.6) is 0 Å². The van der Waals surface area contributed by atoms with Crippen molar-refractivity contribution in [3.63, 3.8) is 0 Å². The number of aromatic nitrogens is 1. The van der Waals surface area contributed by atoms with Gasteiger partial charge in [0.15, 0.2) is 5.82 Å². The molecule has 1 atom stereocenters. The first-order valence-electron chi connectivity index (χ1n) is 6.03. The molecule has 0 saturated heterocycles. The highest BCUT2D eigenvalue weighted by Gasteiger charge is 2.16. The SMILES string of the molecule is Cc1cc(NC(=O)CN(C)[C@H](C)c2cccs2)no1. The van der Waals surface area contributed by atoms with Crippen molar-refractivity contribution in [2.24, 2.45) is 0 Å². The summed E-state index contributed by atoms with van der Waals surface area (Å²) in [6.07, 6.45) is 0. The quantitative estimate of drug-likeness (QED) is 0.914. The van der Waals surface area contributed by atoms with Crippen molar-refractivity contribution in [2.45, 2.75) is 19.9 Å². The molecular weight excluding hydrogens is 262 g/mol. The monoisotopic (exact) mass is 279 g/mol. The molecule has 2 aromatic rings. The fraction of sp³-hybridized carbons (Fsp3) is 0.385. The lowest BCUT2D eigenvalue weighted by atomic mass is 10.2. The number of carbonyl (C=O) groups is 1. The Balaban J connectivity index is 1.88. The van der Waals surface area contributed by atoms with Gasteiger partial charge >= 0.3 is 0 Å². The third kappa shape index (κ3) is 3.65. The third-order valence-electron chi connectivity index (χ3n) is 2.90. The number of likely N-dealkylation sites (N-methyl/N-ethyl adjacent to an activating group) is 1. The Morgan fingerprint density at radius 1 is 1.63 bits per heavy atom. The van der Waals surface area contributed by atoms with Crippen molar-refractivity contribution < 1.29 is 9.32 Å². The van der Waals surface area contributed by atoms with Crippen molar-refractivity contribution in [3.05, 3.63) is 34.2 Å². The standard InChI is InChI=1S/C13H17N3O2S/c1-9-7-12(15-18-9)14-13(17)8-16(3)10(2)11-5-4-6-19-11/h4-7,10H,8H2,1-3H3,(H,14,15,17)/t10-/m1/s1. The first kappa shape index (κ1) is 13.8. The molecule has 0 fully saturated rings. The molecule has 2 aromatic heterocycles. The smallest absolute Gasteiger partial charge is 0.239 e. The van der Waals surface area contributed by atoms with Crippen LogP contribution in [0.25, 0.3) is 0 Å². The van der Waals surface area contributed by atoms with Crippen LogP contribution in [0.1, 0.15) is 23.6 Å². The van der Waals surface area contributed by atoms with Crippen LogP contribution in [0.15, 0.2) is 28.1 Å². The van der Waals surface area contributed by atoms with E-state index in [0.717, 1.165) is 0 Å². The van der Waals surface area contributed by atoms with Gasteiger partial charge in [0.25, 0.3) is 0 Å². The summed E-state index contributed by atoms with van der Waals surface area (Å²) in [5.74, 6) is 1.04. The van der Waals surface area contributed by atoms with Crippen molar-refractivity contribution in [1.82, 2.24) is 10.1 Å². The second-order valence-corrected chi connectivity index (χ2v) is 5.46. The molecule has 0 spiro atoms. The summed E-state index contributed by atoms with van der Waals surface area (Å²) in [4.78, 5) is 15.1. The summed E-state index contributed by atoms with van der Waals surface area (Å²) in [5, 5.41) is 8.49. The predicted octanol–water partition coefficient (Wildman–Crippen LogP) is 2.68. The van der Waals surface area contributed by atoms with Gasteiger partial charge < -0.3 is 9.84 Å². The molecule has 2 heterocycles. The van der Waals surface area contributed by atoms with E-state index in [-0.39, 0.29) is 11.9 Å². The Hall–Kier alpha value is -1.66. The Morgan fingerprint density at radius 3 is 3.00 bits per heavy atom.